The smallest absolute Gasteiger partial charge is 0.0541 e. The lowest BCUT2D eigenvalue weighted by Crippen LogP contribution is -2.10. The van der Waals surface area contributed by atoms with Gasteiger partial charge < -0.3 is 9.47 Å². The van der Waals surface area contributed by atoms with E-state index in [4.69, 9.17) is 0 Å². The Labute approximate surface area is 212 Å². The zero-order valence-electron chi connectivity index (χ0n) is 20.6. The first-order chi connectivity index (χ1) is 17.6. The molecule has 0 bridgehead atoms. The van der Waals surface area contributed by atoms with Crippen LogP contribution in [0.1, 0.15) is 16.7 Å². The van der Waals surface area contributed by atoms with E-state index in [-0.39, 0.29) is 0 Å². The zero-order valence-corrected chi connectivity index (χ0v) is 20.6. The normalized spacial score (nSPS) is 11.2. The first-order valence-electron chi connectivity index (χ1n) is 12.3. The number of fused-ring (bicyclic) bond motifs is 3. The second-order valence-corrected chi connectivity index (χ2v) is 9.36. The molecule has 0 radical (unpaired) electrons. The van der Waals surface area contributed by atoms with Crippen molar-refractivity contribution in [1.82, 2.24) is 4.57 Å². The fraction of sp³-hybridized carbons (Fsp3) is 0.0588. The van der Waals surface area contributed by atoms with E-state index in [1.54, 1.807) is 0 Å². The zero-order chi connectivity index (χ0) is 24.6. The maximum Gasteiger partial charge on any atom is 0.0541 e. The number of aryl methyl sites for hydroxylation is 2. The van der Waals surface area contributed by atoms with Gasteiger partial charge in [-0.3, -0.25) is 0 Å². The van der Waals surface area contributed by atoms with Crippen molar-refractivity contribution in [2.45, 2.75) is 13.8 Å². The second kappa shape index (κ2) is 8.90. The molecule has 5 aromatic carbocycles. The molecule has 2 nitrogen and oxygen atoms in total. The molecular formula is C34H28N2. The van der Waals surface area contributed by atoms with E-state index in [2.05, 4.69) is 145 Å². The van der Waals surface area contributed by atoms with Gasteiger partial charge in [0, 0.05) is 33.5 Å². The van der Waals surface area contributed by atoms with Gasteiger partial charge >= 0.3 is 0 Å². The summed E-state index contributed by atoms with van der Waals surface area (Å²) in [6.45, 7) is 8.17. The van der Waals surface area contributed by atoms with Crippen LogP contribution in [-0.4, -0.2) is 4.57 Å². The molecule has 2 heteroatoms. The lowest BCUT2D eigenvalue weighted by atomic mass is 10.1. The maximum absolute atomic E-state index is 3.90. The molecule has 0 spiro atoms. The van der Waals surface area contributed by atoms with Crippen LogP contribution in [0.3, 0.4) is 0 Å². The van der Waals surface area contributed by atoms with E-state index < -0.39 is 0 Å². The fourth-order valence-corrected chi connectivity index (χ4v) is 5.02. The maximum atomic E-state index is 3.90. The molecule has 0 unspecified atom stereocenters. The molecule has 0 atom stereocenters. The Morgan fingerprint density at radius 3 is 1.81 bits per heavy atom. The molecule has 1 heterocycles. The first-order valence-corrected chi connectivity index (χ1v) is 12.3. The largest absolute Gasteiger partial charge is 0.311 e. The van der Waals surface area contributed by atoms with E-state index in [0.717, 1.165) is 28.3 Å². The van der Waals surface area contributed by atoms with Gasteiger partial charge in [-0.05, 0) is 86.1 Å². The van der Waals surface area contributed by atoms with E-state index in [9.17, 15) is 0 Å². The highest BCUT2D eigenvalue weighted by molar-refractivity contribution is 6.09. The molecule has 0 aliphatic heterocycles. The monoisotopic (exact) mass is 464 g/mol. The Kier molecular flexibility index (Phi) is 5.42. The molecule has 0 saturated carbocycles. The van der Waals surface area contributed by atoms with Crippen molar-refractivity contribution < 1.29 is 0 Å². The van der Waals surface area contributed by atoms with Crippen LogP contribution in [0, 0.1) is 13.8 Å². The average molecular weight is 465 g/mol. The van der Waals surface area contributed by atoms with Crippen molar-refractivity contribution in [3.63, 3.8) is 0 Å². The quantitative estimate of drug-likeness (QED) is 0.247. The van der Waals surface area contributed by atoms with Crippen LogP contribution >= 0.6 is 0 Å². The van der Waals surface area contributed by atoms with Crippen LogP contribution in [0.2, 0.25) is 0 Å². The minimum absolute atomic E-state index is 1.11. The van der Waals surface area contributed by atoms with Gasteiger partial charge in [-0.15, -0.1) is 0 Å². The minimum Gasteiger partial charge on any atom is -0.311 e. The molecule has 1 aromatic heterocycles. The summed E-state index contributed by atoms with van der Waals surface area (Å²) in [5, 5.41) is 2.57. The summed E-state index contributed by atoms with van der Waals surface area (Å²) < 4.78 is 2.36. The molecule has 0 N–H and O–H groups in total. The van der Waals surface area contributed by atoms with Crippen molar-refractivity contribution >= 4 is 44.9 Å². The number of benzene rings is 5. The molecule has 6 aromatic rings. The fourth-order valence-electron chi connectivity index (χ4n) is 5.02. The highest BCUT2D eigenvalue weighted by atomic mass is 15.1. The van der Waals surface area contributed by atoms with Crippen molar-refractivity contribution in [3.05, 3.63) is 139 Å². The van der Waals surface area contributed by atoms with E-state index in [1.165, 1.54) is 32.9 Å². The second-order valence-electron chi connectivity index (χ2n) is 9.36. The lowest BCUT2D eigenvalue weighted by molar-refractivity contribution is 1.17. The van der Waals surface area contributed by atoms with Crippen molar-refractivity contribution in [2.24, 2.45) is 0 Å². The topological polar surface area (TPSA) is 8.17 Å². The number of rotatable bonds is 5. The Morgan fingerprint density at radius 1 is 0.583 bits per heavy atom. The Hall–Kier alpha value is -4.56. The minimum atomic E-state index is 1.11. The lowest BCUT2D eigenvalue weighted by Gasteiger charge is -2.26. The summed E-state index contributed by atoms with van der Waals surface area (Å²) in [4.78, 5) is 2.30. The molecule has 174 valence electrons. The number of hydrogen-bond acceptors (Lipinski definition) is 1. The van der Waals surface area contributed by atoms with Crippen LogP contribution in [0.5, 0.6) is 0 Å². The third kappa shape index (κ3) is 3.77. The van der Waals surface area contributed by atoms with Crippen LogP contribution in [0.4, 0.5) is 17.1 Å². The molecule has 0 aliphatic carbocycles. The Bertz CT molecular complexity index is 1690. The third-order valence-electron chi connectivity index (χ3n) is 6.87. The summed E-state index contributed by atoms with van der Waals surface area (Å²) in [6.07, 6.45) is 1.88. The standard InChI is InChI=1S/C34H28N2/c1-4-26-12-16-28(17-13-26)35(27-14-9-24(2)10-15-27)29-18-20-30(21-19-29)36-33-8-6-5-7-31(33)32-23-25(3)11-22-34(32)36/h4-23H,1H2,2-3H3. The molecular weight excluding hydrogens is 436 g/mol. The van der Waals surface area contributed by atoms with Gasteiger partial charge in [0.15, 0.2) is 0 Å². The summed E-state index contributed by atoms with van der Waals surface area (Å²) in [6, 6.07) is 41.5. The highest BCUT2D eigenvalue weighted by Crippen LogP contribution is 2.37. The summed E-state index contributed by atoms with van der Waals surface area (Å²) in [5.41, 5.74) is 10.6. The first kappa shape index (κ1) is 21.9. The van der Waals surface area contributed by atoms with E-state index >= 15 is 0 Å². The predicted octanol–water partition coefficient (Wildman–Crippen LogP) is 9.51. The molecule has 0 fully saturated rings. The summed E-state index contributed by atoms with van der Waals surface area (Å²) in [5.74, 6) is 0. The number of nitrogens with zero attached hydrogens (tertiary/aromatic N) is 2. The summed E-state index contributed by atoms with van der Waals surface area (Å²) >= 11 is 0. The van der Waals surface area contributed by atoms with Crippen LogP contribution in [0.15, 0.2) is 122 Å². The van der Waals surface area contributed by atoms with E-state index in [0.29, 0.717) is 0 Å². The third-order valence-corrected chi connectivity index (χ3v) is 6.87. The van der Waals surface area contributed by atoms with Crippen molar-refractivity contribution in [3.8, 4) is 5.69 Å². The highest BCUT2D eigenvalue weighted by Gasteiger charge is 2.15. The van der Waals surface area contributed by atoms with Gasteiger partial charge in [0.2, 0.25) is 0 Å². The van der Waals surface area contributed by atoms with Gasteiger partial charge in [-0.25, -0.2) is 0 Å². The van der Waals surface area contributed by atoms with Gasteiger partial charge in [-0.1, -0.05) is 72.3 Å². The Balaban J connectivity index is 1.49. The van der Waals surface area contributed by atoms with E-state index in [1.807, 2.05) is 6.08 Å². The van der Waals surface area contributed by atoms with Gasteiger partial charge in [0.1, 0.15) is 0 Å². The van der Waals surface area contributed by atoms with Crippen molar-refractivity contribution in [2.75, 3.05) is 4.90 Å². The number of anilines is 3. The predicted molar refractivity (Wildman–Crippen MR) is 155 cm³/mol. The van der Waals surface area contributed by atoms with Crippen LogP contribution in [0.25, 0.3) is 33.6 Å². The molecule has 0 amide bonds. The Morgan fingerprint density at radius 2 is 1.14 bits per heavy atom. The van der Waals surface area contributed by atoms with Gasteiger partial charge in [-0.2, -0.15) is 0 Å². The number of aromatic nitrogens is 1. The molecule has 0 saturated heterocycles. The number of para-hydroxylation sites is 1. The van der Waals surface area contributed by atoms with Gasteiger partial charge in [0.05, 0.1) is 11.0 Å². The van der Waals surface area contributed by atoms with Crippen LogP contribution < -0.4 is 4.90 Å². The van der Waals surface area contributed by atoms with Crippen LogP contribution in [-0.2, 0) is 0 Å². The van der Waals surface area contributed by atoms with Gasteiger partial charge in [0.25, 0.3) is 0 Å². The molecule has 36 heavy (non-hydrogen) atoms. The molecule has 0 aliphatic rings. The average Bonchev–Trinajstić information content (AvgIpc) is 3.24. The van der Waals surface area contributed by atoms with Crippen molar-refractivity contribution in [1.29, 1.82) is 0 Å². The molecule has 6 rings (SSSR count). The summed E-state index contributed by atoms with van der Waals surface area (Å²) in [7, 11) is 0. The SMILES string of the molecule is C=Cc1ccc(N(c2ccc(C)cc2)c2ccc(-n3c4ccccc4c4cc(C)ccc43)cc2)cc1. The number of hydrogen-bond donors (Lipinski definition) is 0.